The molecule has 1 aromatic carbocycles. The van der Waals surface area contributed by atoms with E-state index in [0.717, 1.165) is 6.42 Å². The molecule has 2 aliphatic rings. The van der Waals surface area contributed by atoms with Gasteiger partial charge in [0.05, 0.1) is 6.54 Å². The molecule has 0 saturated carbocycles. The number of amides is 3. The minimum Gasteiger partial charge on any atom is -0.491 e. The number of nitrogens with zero attached hydrogens (tertiary/aromatic N) is 4. The predicted molar refractivity (Wildman–Crippen MR) is 108 cm³/mol. The Bertz CT molecular complexity index is 767. The highest BCUT2D eigenvalue weighted by Crippen LogP contribution is 2.25. The van der Waals surface area contributed by atoms with Crippen LogP contribution in [0.2, 0.25) is 0 Å². The molecule has 0 spiro atoms. The summed E-state index contributed by atoms with van der Waals surface area (Å²) in [5.41, 5.74) is 1.21. The zero-order valence-electron chi connectivity index (χ0n) is 17.1. The molecular formula is C19H29N5O5. The lowest BCUT2D eigenvalue weighted by atomic mass is 10.1. The molecule has 0 radical (unpaired) electrons. The second kappa shape index (κ2) is 9.10. The van der Waals surface area contributed by atoms with E-state index >= 15 is 0 Å². The van der Waals surface area contributed by atoms with Crippen LogP contribution in [0.15, 0.2) is 29.3 Å². The third kappa shape index (κ3) is 4.60. The molecule has 29 heavy (non-hydrogen) atoms. The minimum atomic E-state index is -0.842. The van der Waals surface area contributed by atoms with Crippen LogP contribution in [-0.4, -0.2) is 95.8 Å². The van der Waals surface area contributed by atoms with Crippen LogP contribution in [0.1, 0.15) is 12.5 Å². The highest BCUT2D eigenvalue weighted by atomic mass is 16.5. The summed E-state index contributed by atoms with van der Waals surface area (Å²) in [6.07, 6.45) is -0.509. The monoisotopic (exact) mass is 407 g/mol. The summed E-state index contributed by atoms with van der Waals surface area (Å²) >= 11 is 0. The number of nitrogens with one attached hydrogen (secondary N) is 1. The van der Waals surface area contributed by atoms with Crippen LogP contribution in [-0.2, 0) is 11.2 Å². The van der Waals surface area contributed by atoms with Crippen molar-refractivity contribution >= 4 is 17.9 Å². The van der Waals surface area contributed by atoms with E-state index in [1.165, 1.54) is 10.5 Å². The van der Waals surface area contributed by atoms with Crippen molar-refractivity contribution in [2.24, 2.45) is 4.99 Å². The molecule has 1 aromatic rings. The van der Waals surface area contributed by atoms with E-state index in [4.69, 9.17) is 4.74 Å². The summed E-state index contributed by atoms with van der Waals surface area (Å²) in [5, 5.41) is 12.8. The number of rotatable bonds is 6. The topological polar surface area (TPSA) is 129 Å². The average Bonchev–Trinajstić information content (AvgIpc) is 3.05. The van der Waals surface area contributed by atoms with E-state index in [-0.39, 0.29) is 18.6 Å². The Hall–Kier alpha value is -2.85. The number of fused-ring (bicyclic) bond motifs is 1. The molecule has 160 valence electrons. The van der Waals surface area contributed by atoms with E-state index in [1.807, 2.05) is 24.3 Å². The number of aliphatic imine (C=N–C) groups is 1. The lowest BCUT2D eigenvalue weighted by Gasteiger charge is -2.37. The quantitative estimate of drug-likeness (QED) is 0.640. The van der Waals surface area contributed by atoms with Crippen LogP contribution < -0.4 is 10.1 Å². The number of β-amino-alcohol motifs (C(OH)–C–C–N with tert-alkyl or cyclic N) is 1. The molecule has 0 aliphatic carbocycles. The molecule has 3 unspecified atom stereocenters. The van der Waals surface area contributed by atoms with Crippen molar-refractivity contribution < 1.29 is 24.9 Å². The van der Waals surface area contributed by atoms with Crippen molar-refractivity contribution in [3.05, 3.63) is 29.8 Å². The first-order chi connectivity index (χ1) is 13.3. The summed E-state index contributed by atoms with van der Waals surface area (Å²) in [4.78, 5) is 33.7. The molecule has 2 heterocycles. The predicted octanol–water partition coefficient (Wildman–Crippen LogP) is -0.726. The third-order valence-electron chi connectivity index (χ3n) is 4.92. The lowest BCUT2D eigenvalue weighted by molar-refractivity contribution is -0.127. The standard InChI is InChI=1S/C19H27N5O4.H2O/c1-5-12-6-8-14(9-7-12)28-11-13(25)10-24-15-16(20-18(24)22(2)3)23(4)19(27)21-17(15)26;/h6-9,13,15-16,25H,5,10-11H2,1-4H3,(H,21,26,27);1H2. The van der Waals surface area contributed by atoms with Gasteiger partial charge in [0.1, 0.15) is 18.5 Å². The fourth-order valence-electron chi connectivity index (χ4n) is 3.37. The first-order valence-corrected chi connectivity index (χ1v) is 9.31. The van der Waals surface area contributed by atoms with Crippen LogP contribution >= 0.6 is 0 Å². The summed E-state index contributed by atoms with van der Waals surface area (Å²) in [5.74, 6) is 0.799. The fraction of sp³-hybridized carbons (Fsp3) is 0.526. The van der Waals surface area contributed by atoms with Crippen LogP contribution in [0.5, 0.6) is 5.75 Å². The van der Waals surface area contributed by atoms with Gasteiger partial charge in [-0.25, -0.2) is 9.79 Å². The molecule has 1 saturated heterocycles. The summed E-state index contributed by atoms with van der Waals surface area (Å²) in [7, 11) is 5.21. The number of carbonyl (C=O) groups is 2. The summed E-state index contributed by atoms with van der Waals surface area (Å²) < 4.78 is 5.68. The number of aliphatic hydroxyl groups is 1. The highest BCUT2D eigenvalue weighted by molar-refractivity contribution is 6.03. The number of carbonyl (C=O) groups excluding carboxylic acids is 2. The molecule has 3 rings (SSSR count). The van der Waals surface area contributed by atoms with Gasteiger partial charge in [0.2, 0.25) is 0 Å². The highest BCUT2D eigenvalue weighted by Gasteiger charge is 2.49. The zero-order valence-corrected chi connectivity index (χ0v) is 17.1. The van der Waals surface area contributed by atoms with Gasteiger partial charge in [0, 0.05) is 21.1 Å². The molecule has 1 fully saturated rings. The van der Waals surface area contributed by atoms with Gasteiger partial charge in [-0.05, 0) is 24.1 Å². The molecule has 3 amide bonds. The van der Waals surface area contributed by atoms with Gasteiger partial charge in [-0.1, -0.05) is 19.1 Å². The van der Waals surface area contributed by atoms with Crippen molar-refractivity contribution in [3.63, 3.8) is 0 Å². The van der Waals surface area contributed by atoms with Crippen molar-refractivity contribution in [1.29, 1.82) is 0 Å². The number of imide groups is 1. The molecule has 3 atom stereocenters. The van der Waals surface area contributed by atoms with Gasteiger partial charge in [-0.15, -0.1) is 0 Å². The SMILES string of the molecule is CCc1ccc(OCC(O)CN2C(N(C)C)=NC3C2C(=O)NC(=O)N3C)cc1.O. The normalized spacial score (nSPS) is 21.8. The van der Waals surface area contributed by atoms with Crippen molar-refractivity contribution in [3.8, 4) is 5.75 Å². The largest absolute Gasteiger partial charge is 0.491 e. The van der Waals surface area contributed by atoms with Gasteiger partial charge in [-0.3, -0.25) is 10.1 Å². The zero-order chi connectivity index (χ0) is 20.4. The molecule has 10 heteroatoms. The second-order valence-corrected chi connectivity index (χ2v) is 7.20. The number of ether oxygens (including phenoxy) is 1. The van der Waals surface area contributed by atoms with E-state index in [1.54, 1.807) is 30.9 Å². The molecule has 4 N–H and O–H groups in total. The number of hydrogen-bond donors (Lipinski definition) is 2. The smallest absolute Gasteiger partial charge is 0.325 e. The van der Waals surface area contributed by atoms with Crippen LogP contribution in [0, 0.1) is 0 Å². The maximum absolute atomic E-state index is 12.4. The number of likely N-dealkylation sites (N-methyl/N-ethyl adjacent to an activating group) is 1. The van der Waals surface area contributed by atoms with Gasteiger partial charge in [0.25, 0.3) is 5.91 Å². The van der Waals surface area contributed by atoms with E-state index in [2.05, 4.69) is 17.2 Å². The first-order valence-electron chi connectivity index (χ1n) is 9.31. The number of aliphatic hydroxyl groups excluding tert-OH is 1. The second-order valence-electron chi connectivity index (χ2n) is 7.20. The Morgan fingerprint density at radius 2 is 1.93 bits per heavy atom. The third-order valence-corrected chi connectivity index (χ3v) is 4.92. The summed E-state index contributed by atoms with van der Waals surface area (Å²) in [6.45, 7) is 2.32. The Labute approximate surface area is 170 Å². The lowest BCUT2D eigenvalue weighted by Crippen LogP contribution is -2.64. The number of aryl methyl sites for hydroxylation is 1. The average molecular weight is 407 g/mol. The summed E-state index contributed by atoms with van der Waals surface area (Å²) in [6, 6.07) is 6.57. The molecule has 0 bridgehead atoms. The number of guanidine groups is 1. The van der Waals surface area contributed by atoms with Crippen LogP contribution in [0.25, 0.3) is 0 Å². The number of hydrogen-bond acceptors (Lipinski definition) is 7. The Morgan fingerprint density at radius 3 is 2.52 bits per heavy atom. The maximum Gasteiger partial charge on any atom is 0.325 e. The Balaban J connectivity index is 0.00000300. The number of benzene rings is 1. The van der Waals surface area contributed by atoms with Gasteiger partial charge < -0.3 is 30.0 Å². The first kappa shape index (κ1) is 22.4. The molecule has 2 aliphatic heterocycles. The van der Waals surface area contributed by atoms with Crippen molar-refractivity contribution in [2.45, 2.75) is 31.7 Å². The van der Waals surface area contributed by atoms with Crippen molar-refractivity contribution in [2.75, 3.05) is 34.3 Å². The van der Waals surface area contributed by atoms with E-state index in [0.29, 0.717) is 11.7 Å². The van der Waals surface area contributed by atoms with Gasteiger partial charge >= 0.3 is 6.03 Å². The molecule has 0 aromatic heterocycles. The van der Waals surface area contributed by atoms with Gasteiger partial charge in [-0.2, -0.15) is 0 Å². The van der Waals surface area contributed by atoms with Crippen LogP contribution in [0.4, 0.5) is 4.79 Å². The Kier molecular flexibility index (Phi) is 7.04. The van der Waals surface area contributed by atoms with Crippen LogP contribution in [0.3, 0.4) is 0 Å². The van der Waals surface area contributed by atoms with Gasteiger partial charge in [0.15, 0.2) is 18.2 Å². The fourth-order valence-corrected chi connectivity index (χ4v) is 3.37. The molecule has 10 nitrogen and oxygen atoms in total. The van der Waals surface area contributed by atoms with E-state index < -0.39 is 30.2 Å². The maximum atomic E-state index is 12.4. The van der Waals surface area contributed by atoms with E-state index in [9.17, 15) is 14.7 Å². The number of urea groups is 1. The molecular weight excluding hydrogens is 378 g/mol. The van der Waals surface area contributed by atoms with Crippen molar-refractivity contribution in [1.82, 2.24) is 20.0 Å². The minimum absolute atomic E-state index is 0. The Morgan fingerprint density at radius 1 is 1.28 bits per heavy atom.